The first kappa shape index (κ1) is 39.4. The third-order valence-corrected chi connectivity index (χ3v) is 10.0. The maximum Gasteiger partial charge on any atom is 0.433 e. The molecule has 1 aliphatic rings. The summed E-state index contributed by atoms with van der Waals surface area (Å²) in [5.74, 6) is -0.388. The Balaban J connectivity index is 1.14. The first-order valence-electron chi connectivity index (χ1n) is 18.0. The fraction of sp³-hybridized carbons (Fsp3) is 0.333. The molecule has 0 saturated carbocycles. The summed E-state index contributed by atoms with van der Waals surface area (Å²) in [6.45, 7) is 7.93. The Labute approximate surface area is 323 Å². The van der Waals surface area contributed by atoms with E-state index in [4.69, 9.17) is 14.9 Å². The number of halogens is 6. The largest absolute Gasteiger partial charge is 0.433 e. The Morgan fingerprint density at radius 2 is 1.18 bits per heavy atom. The molecule has 3 atom stereocenters. The minimum Gasteiger partial charge on any atom is -0.393 e. The van der Waals surface area contributed by atoms with Crippen molar-refractivity contribution < 1.29 is 36.2 Å². The summed E-state index contributed by atoms with van der Waals surface area (Å²) in [6.07, 6.45) is 0.0328. The summed E-state index contributed by atoms with van der Waals surface area (Å²) in [7, 11) is 0. The number of hydrogen-bond acceptors (Lipinski definition) is 10. The molecule has 298 valence electrons. The summed E-state index contributed by atoms with van der Waals surface area (Å²) in [5.41, 5.74) is 2.52. The van der Waals surface area contributed by atoms with Gasteiger partial charge in [-0.15, -0.1) is 0 Å². The molecule has 3 N–H and O–H groups in total. The van der Waals surface area contributed by atoms with Crippen LogP contribution in [0.1, 0.15) is 61.3 Å². The number of nitrogens with one attached hydrogen (secondary N) is 2. The average Bonchev–Trinajstić information content (AvgIpc) is 3.85. The quantitative estimate of drug-likeness (QED) is 0.115. The molecule has 5 heterocycles. The van der Waals surface area contributed by atoms with Crippen molar-refractivity contribution in [3.8, 4) is 22.3 Å². The predicted octanol–water partition coefficient (Wildman–Crippen LogP) is 8.87. The van der Waals surface area contributed by atoms with Crippen molar-refractivity contribution in [1.82, 2.24) is 39.5 Å². The molecular weight excluding hydrogens is 754 g/mol. The highest BCUT2D eigenvalue weighted by molar-refractivity contribution is 5.71. The van der Waals surface area contributed by atoms with Gasteiger partial charge in [0.05, 0.1) is 30.6 Å². The molecule has 4 aromatic heterocycles. The molecule has 0 spiro atoms. The number of ether oxygens (including phenoxy) is 1. The van der Waals surface area contributed by atoms with E-state index >= 15 is 0 Å². The Kier molecular flexibility index (Phi) is 10.5. The van der Waals surface area contributed by atoms with Crippen LogP contribution >= 0.6 is 0 Å². The van der Waals surface area contributed by atoms with E-state index < -0.39 is 47.5 Å². The lowest BCUT2D eigenvalue weighted by Crippen LogP contribution is -2.52. The molecule has 7 rings (SSSR count). The highest BCUT2D eigenvalue weighted by Crippen LogP contribution is 2.44. The fourth-order valence-corrected chi connectivity index (χ4v) is 7.15. The molecule has 12 nitrogen and oxygen atoms in total. The van der Waals surface area contributed by atoms with Gasteiger partial charge in [-0.2, -0.15) is 36.5 Å². The van der Waals surface area contributed by atoms with E-state index in [1.54, 1.807) is 46.0 Å². The lowest BCUT2D eigenvalue weighted by Gasteiger charge is -2.47. The molecule has 6 aromatic rings. The van der Waals surface area contributed by atoms with Crippen molar-refractivity contribution >= 4 is 23.3 Å². The molecule has 0 radical (unpaired) electrons. The van der Waals surface area contributed by atoms with Gasteiger partial charge in [0.15, 0.2) is 0 Å². The van der Waals surface area contributed by atoms with Crippen molar-refractivity contribution in [3.63, 3.8) is 0 Å². The summed E-state index contributed by atoms with van der Waals surface area (Å²) in [4.78, 5) is 15.1. The number of anilines is 4. The van der Waals surface area contributed by atoms with E-state index in [1.165, 1.54) is 0 Å². The Morgan fingerprint density at radius 3 is 1.60 bits per heavy atom. The molecule has 0 amide bonds. The van der Waals surface area contributed by atoms with E-state index in [0.717, 1.165) is 57.9 Å². The van der Waals surface area contributed by atoms with Gasteiger partial charge in [0, 0.05) is 60.3 Å². The van der Waals surface area contributed by atoms with Crippen LogP contribution in [0.3, 0.4) is 0 Å². The van der Waals surface area contributed by atoms with Crippen molar-refractivity contribution in [2.24, 2.45) is 0 Å². The number of aliphatic hydroxyl groups is 1. The normalized spacial score (nSPS) is 16.9. The molecule has 1 unspecified atom stereocenters. The summed E-state index contributed by atoms with van der Waals surface area (Å²) >= 11 is 0. The summed E-state index contributed by atoms with van der Waals surface area (Å²) in [6, 6.07) is 11.7. The molecule has 18 heteroatoms. The van der Waals surface area contributed by atoms with Crippen LogP contribution in [-0.4, -0.2) is 62.9 Å². The molecular formula is C39H38F6N10O2. The Morgan fingerprint density at radius 1 is 0.719 bits per heavy atom. The maximum absolute atomic E-state index is 13.3. The molecule has 1 aliphatic heterocycles. The minimum absolute atomic E-state index is 0.194. The van der Waals surface area contributed by atoms with Gasteiger partial charge < -0.3 is 20.5 Å². The van der Waals surface area contributed by atoms with E-state index in [0.29, 0.717) is 24.4 Å². The second-order valence-electron chi connectivity index (χ2n) is 14.2. The smallest absolute Gasteiger partial charge is 0.393 e. The van der Waals surface area contributed by atoms with E-state index in [1.807, 2.05) is 52.2 Å². The number of aryl methyl sites for hydroxylation is 2. The highest BCUT2D eigenvalue weighted by atomic mass is 19.4. The van der Waals surface area contributed by atoms with Gasteiger partial charge in [0.25, 0.3) is 0 Å². The molecule has 0 aliphatic carbocycles. The van der Waals surface area contributed by atoms with Gasteiger partial charge in [-0.3, -0.25) is 9.36 Å². The van der Waals surface area contributed by atoms with Crippen LogP contribution in [0.2, 0.25) is 0 Å². The van der Waals surface area contributed by atoms with Crippen LogP contribution in [0.5, 0.6) is 0 Å². The monoisotopic (exact) mass is 792 g/mol. The zero-order valence-electron chi connectivity index (χ0n) is 31.1. The van der Waals surface area contributed by atoms with Gasteiger partial charge in [-0.05, 0) is 92.8 Å². The standard InChI is InChI=1S/C39H38F6N10O2/c1-22-11-26(15-30(13-22)50-35-46-8-5-33(52-35)38(40,41)42)28-18-48-54(20-28)24(3)37(17-32(56)7-10-57-37)25(4)55-21-29(19-49-55)27-12-23(2)14-31(16-27)51-36-47-9-6-34(53-36)39(43,44)45/h5-6,8-9,11-16,18-21,24-25,32,56H,7,10,17H2,1-4H3,(H,46,50,52)(H,47,51,53)/t24-,25-,32?/m1/s1. The predicted molar refractivity (Wildman–Crippen MR) is 199 cm³/mol. The maximum atomic E-state index is 13.3. The van der Waals surface area contributed by atoms with Crippen LogP contribution < -0.4 is 10.6 Å². The second kappa shape index (κ2) is 15.2. The van der Waals surface area contributed by atoms with Gasteiger partial charge in [-0.25, -0.2) is 19.9 Å². The fourth-order valence-electron chi connectivity index (χ4n) is 7.15. The first-order valence-corrected chi connectivity index (χ1v) is 18.0. The van der Waals surface area contributed by atoms with Crippen molar-refractivity contribution in [2.75, 3.05) is 17.2 Å². The number of benzene rings is 2. The minimum atomic E-state index is -4.62. The van der Waals surface area contributed by atoms with Gasteiger partial charge in [-0.1, -0.05) is 12.1 Å². The molecule has 0 bridgehead atoms. The number of hydrogen-bond donors (Lipinski definition) is 3. The number of rotatable bonds is 10. The summed E-state index contributed by atoms with van der Waals surface area (Å²) < 4.78 is 89.7. The Bertz CT molecular complexity index is 2220. The van der Waals surface area contributed by atoms with E-state index in [2.05, 4.69) is 30.6 Å². The first-order chi connectivity index (χ1) is 27.0. The Hall–Kier alpha value is -5.88. The van der Waals surface area contributed by atoms with Crippen LogP contribution in [0, 0.1) is 13.8 Å². The zero-order valence-corrected chi connectivity index (χ0v) is 31.1. The SMILES string of the molecule is Cc1cc(Nc2nccc(C(F)(F)F)n2)cc(-c2cnn([C@H](C)C3([C@@H](C)n4cc(-c5cc(C)cc(Nc6nccc(C(F)(F)F)n6)c5)cn4)CC(O)CCO3)c2)c1. The lowest BCUT2D eigenvalue weighted by atomic mass is 9.80. The third-order valence-electron chi connectivity index (χ3n) is 10.0. The third kappa shape index (κ3) is 8.61. The number of aromatic nitrogens is 8. The van der Waals surface area contributed by atoms with Gasteiger partial charge in [0.1, 0.15) is 17.0 Å². The number of nitrogens with zero attached hydrogens (tertiary/aromatic N) is 8. The van der Waals surface area contributed by atoms with Gasteiger partial charge >= 0.3 is 12.4 Å². The average molecular weight is 793 g/mol. The van der Waals surface area contributed by atoms with Crippen LogP contribution in [-0.2, 0) is 17.1 Å². The van der Waals surface area contributed by atoms with Crippen molar-refractivity contribution in [2.45, 2.75) is 76.7 Å². The van der Waals surface area contributed by atoms with Gasteiger partial charge in [0.2, 0.25) is 11.9 Å². The zero-order chi connectivity index (χ0) is 40.7. The second-order valence-corrected chi connectivity index (χ2v) is 14.2. The molecule has 1 saturated heterocycles. The van der Waals surface area contributed by atoms with Crippen LogP contribution in [0.15, 0.2) is 85.7 Å². The highest BCUT2D eigenvalue weighted by Gasteiger charge is 2.49. The molecule has 1 fully saturated rings. The molecule has 57 heavy (non-hydrogen) atoms. The summed E-state index contributed by atoms with van der Waals surface area (Å²) in [5, 5.41) is 26.1. The van der Waals surface area contributed by atoms with E-state index in [-0.39, 0.29) is 18.3 Å². The lowest BCUT2D eigenvalue weighted by molar-refractivity contribution is -0.167. The van der Waals surface area contributed by atoms with Crippen LogP contribution in [0.25, 0.3) is 22.3 Å². The number of alkyl halides is 6. The molecule has 2 aromatic carbocycles. The van der Waals surface area contributed by atoms with Crippen molar-refractivity contribution in [3.05, 3.63) is 108 Å². The topological polar surface area (TPSA) is 141 Å². The van der Waals surface area contributed by atoms with Crippen LogP contribution in [0.4, 0.5) is 49.6 Å². The van der Waals surface area contributed by atoms with E-state index in [9.17, 15) is 31.4 Å². The van der Waals surface area contributed by atoms with Crippen molar-refractivity contribution in [1.29, 1.82) is 0 Å². The number of aliphatic hydroxyl groups excluding tert-OH is 1.